The smallest absolute Gasteiger partial charge is 0.213 e. The van der Waals surface area contributed by atoms with Crippen LogP contribution in [0.1, 0.15) is 12.1 Å². The van der Waals surface area contributed by atoms with Crippen LogP contribution < -0.4 is 0 Å². The van der Waals surface area contributed by atoms with E-state index in [4.69, 9.17) is 5.11 Å². The molecule has 1 aromatic heterocycles. The average molecular weight is 155 g/mol. The van der Waals surface area contributed by atoms with E-state index in [1.807, 2.05) is 0 Å². The van der Waals surface area contributed by atoms with Gasteiger partial charge in [-0.05, 0) is 25.0 Å². The molecular formula is C8H10FNO. The van der Waals surface area contributed by atoms with Crippen molar-refractivity contribution in [1.29, 1.82) is 0 Å². The van der Waals surface area contributed by atoms with E-state index in [9.17, 15) is 4.39 Å². The molecular weight excluding hydrogens is 145 g/mol. The molecule has 3 heteroatoms. The number of aromatic nitrogens is 1. The van der Waals surface area contributed by atoms with E-state index in [1.54, 1.807) is 12.1 Å². The van der Waals surface area contributed by atoms with E-state index in [1.165, 1.54) is 6.07 Å². The summed E-state index contributed by atoms with van der Waals surface area (Å²) in [6, 6.07) is 4.68. The lowest BCUT2D eigenvalue weighted by molar-refractivity contribution is 0.288. The van der Waals surface area contributed by atoms with Gasteiger partial charge in [-0.25, -0.2) is 4.98 Å². The largest absolute Gasteiger partial charge is 0.396 e. The lowest BCUT2D eigenvalue weighted by Gasteiger charge is -1.96. The van der Waals surface area contributed by atoms with Gasteiger partial charge in [-0.3, -0.25) is 0 Å². The first kappa shape index (κ1) is 8.14. The second-order valence-corrected chi connectivity index (χ2v) is 2.28. The summed E-state index contributed by atoms with van der Waals surface area (Å²) in [4.78, 5) is 3.63. The second kappa shape index (κ2) is 4.03. The Morgan fingerprint density at radius 2 is 2.27 bits per heavy atom. The van der Waals surface area contributed by atoms with Crippen LogP contribution in [0.4, 0.5) is 4.39 Å². The quantitative estimate of drug-likeness (QED) is 0.664. The van der Waals surface area contributed by atoms with Gasteiger partial charge in [0.15, 0.2) is 0 Å². The number of halogens is 1. The molecule has 1 heterocycles. The number of aryl methyl sites for hydroxylation is 1. The van der Waals surface area contributed by atoms with Gasteiger partial charge in [0.25, 0.3) is 0 Å². The van der Waals surface area contributed by atoms with Crippen molar-refractivity contribution in [1.82, 2.24) is 4.98 Å². The van der Waals surface area contributed by atoms with E-state index in [-0.39, 0.29) is 6.61 Å². The Hall–Kier alpha value is -0.960. The predicted molar refractivity (Wildman–Crippen MR) is 39.6 cm³/mol. The fourth-order valence-corrected chi connectivity index (χ4v) is 0.850. The lowest BCUT2D eigenvalue weighted by atomic mass is 10.2. The minimum absolute atomic E-state index is 0.123. The molecule has 1 N–H and O–H groups in total. The molecule has 0 atom stereocenters. The molecule has 0 fully saturated rings. The molecule has 0 aliphatic carbocycles. The van der Waals surface area contributed by atoms with Crippen LogP contribution in [0.5, 0.6) is 0 Å². The molecule has 2 nitrogen and oxygen atoms in total. The van der Waals surface area contributed by atoms with Crippen LogP contribution in [0.3, 0.4) is 0 Å². The Morgan fingerprint density at radius 1 is 1.45 bits per heavy atom. The molecule has 0 spiro atoms. The van der Waals surface area contributed by atoms with Crippen LogP contribution in [-0.4, -0.2) is 16.7 Å². The highest BCUT2D eigenvalue weighted by Gasteiger charge is 1.94. The first-order valence-electron chi connectivity index (χ1n) is 3.55. The number of nitrogens with zero attached hydrogens (tertiary/aromatic N) is 1. The molecule has 60 valence electrons. The minimum atomic E-state index is -0.458. The third-order valence-electron chi connectivity index (χ3n) is 1.36. The Morgan fingerprint density at radius 3 is 2.91 bits per heavy atom. The molecule has 0 aromatic carbocycles. The molecule has 1 aromatic rings. The van der Waals surface area contributed by atoms with Crippen molar-refractivity contribution in [2.45, 2.75) is 12.8 Å². The molecule has 11 heavy (non-hydrogen) atoms. The van der Waals surface area contributed by atoms with Gasteiger partial charge in [0.05, 0.1) is 0 Å². The molecule has 0 aliphatic rings. The van der Waals surface area contributed by atoms with Crippen molar-refractivity contribution in [2.75, 3.05) is 6.61 Å². The Kier molecular flexibility index (Phi) is 2.98. The maximum absolute atomic E-state index is 12.4. The zero-order chi connectivity index (χ0) is 8.10. The summed E-state index contributed by atoms with van der Waals surface area (Å²) in [5.74, 6) is -0.458. The Bertz CT molecular complexity index is 227. The van der Waals surface area contributed by atoms with Crippen LogP contribution in [0.25, 0.3) is 0 Å². The number of pyridine rings is 1. The normalized spacial score (nSPS) is 10.0. The van der Waals surface area contributed by atoms with E-state index in [0.29, 0.717) is 18.5 Å². The monoisotopic (exact) mass is 155 g/mol. The molecule has 0 aliphatic heterocycles. The van der Waals surface area contributed by atoms with Gasteiger partial charge in [0.1, 0.15) is 0 Å². The third kappa shape index (κ3) is 2.63. The summed E-state index contributed by atoms with van der Waals surface area (Å²) in [6.45, 7) is 0.123. The fourth-order valence-electron chi connectivity index (χ4n) is 0.850. The predicted octanol–water partition coefficient (Wildman–Crippen LogP) is 1.15. The van der Waals surface area contributed by atoms with Gasteiger partial charge in [0.2, 0.25) is 5.95 Å². The van der Waals surface area contributed by atoms with Crippen LogP contribution in [0.2, 0.25) is 0 Å². The zero-order valence-corrected chi connectivity index (χ0v) is 6.13. The standard InChI is InChI=1S/C8H10FNO/c9-8-5-1-3-7(10-8)4-2-6-11/h1,3,5,11H,2,4,6H2. The van der Waals surface area contributed by atoms with Crippen molar-refractivity contribution < 1.29 is 9.50 Å². The van der Waals surface area contributed by atoms with E-state index in [2.05, 4.69) is 4.98 Å². The van der Waals surface area contributed by atoms with Gasteiger partial charge in [-0.1, -0.05) is 6.07 Å². The van der Waals surface area contributed by atoms with E-state index >= 15 is 0 Å². The van der Waals surface area contributed by atoms with Crippen molar-refractivity contribution in [2.24, 2.45) is 0 Å². The lowest BCUT2D eigenvalue weighted by Crippen LogP contribution is -1.94. The van der Waals surface area contributed by atoms with Gasteiger partial charge in [-0.15, -0.1) is 0 Å². The van der Waals surface area contributed by atoms with E-state index < -0.39 is 5.95 Å². The van der Waals surface area contributed by atoms with Gasteiger partial charge in [-0.2, -0.15) is 4.39 Å². The highest BCUT2D eigenvalue weighted by Crippen LogP contribution is 2.00. The van der Waals surface area contributed by atoms with Gasteiger partial charge < -0.3 is 5.11 Å². The average Bonchev–Trinajstić information content (AvgIpc) is 2.01. The van der Waals surface area contributed by atoms with Gasteiger partial charge in [0, 0.05) is 12.3 Å². The maximum atomic E-state index is 12.4. The van der Waals surface area contributed by atoms with E-state index in [0.717, 1.165) is 0 Å². The van der Waals surface area contributed by atoms with Crippen molar-refractivity contribution >= 4 is 0 Å². The number of rotatable bonds is 3. The maximum Gasteiger partial charge on any atom is 0.213 e. The number of aliphatic hydroxyl groups excluding tert-OH is 1. The van der Waals surface area contributed by atoms with Gasteiger partial charge >= 0.3 is 0 Å². The summed E-state index contributed by atoms with van der Waals surface area (Å²) >= 11 is 0. The Labute approximate surface area is 64.7 Å². The number of aliphatic hydroxyl groups is 1. The number of hydrogen-bond donors (Lipinski definition) is 1. The molecule has 1 rings (SSSR count). The third-order valence-corrected chi connectivity index (χ3v) is 1.36. The van der Waals surface area contributed by atoms with Crippen LogP contribution in [0.15, 0.2) is 18.2 Å². The van der Waals surface area contributed by atoms with Crippen molar-refractivity contribution in [3.05, 3.63) is 29.8 Å². The summed E-state index contributed by atoms with van der Waals surface area (Å²) in [6.07, 6.45) is 1.27. The molecule has 0 bridgehead atoms. The summed E-state index contributed by atoms with van der Waals surface area (Å²) < 4.78 is 12.4. The van der Waals surface area contributed by atoms with Crippen LogP contribution in [0, 0.1) is 5.95 Å². The first-order chi connectivity index (χ1) is 5.33. The summed E-state index contributed by atoms with van der Waals surface area (Å²) in [7, 11) is 0. The van der Waals surface area contributed by atoms with Crippen molar-refractivity contribution in [3.8, 4) is 0 Å². The molecule has 0 amide bonds. The SMILES string of the molecule is OCCCc1cccc(F)n1. The Balaban J connectivity index is 2.56. The highest BCUT2D eigenvalue weighted by molar-refractivity contribution is 5.04. The zero-order valence-electron chi connectivity index (χ0n) is 6.13. The van der Waals surface area contributed by atoms with Crippen LogP contribution >= 0.6 is 0 Å². The van der Waals surface area contributed by atoms with Crippen LogP contribution in [-0.2, 0) is 6.42 Å². The second-order valence-electron chi connectivity index (χ2n) is 2.28. The molecule has 0 saturated heterocycles. The topological polar surface area (TPSA) is 33.1 Å². The summed E-state index contributed by atoms with van der Waals surface area (Å²) in [5.41, 5.74) is 0.694. The first-order valence-corrected chi connectivity index (χ1v) is 3.55. The fraction of sp³-hybridized carbons (Fsp3) is 0.375. The molecule has 0 radical (unpaired) electrons. The summed E-state index contributed by atoms with van der Waals surface area (Å²) in [5, 5.41) is 8.48. The number of hydrogen-bond acceptors (Lipinski definition) is 2. The minimum Gasteiger partial charge on any atom is -0.396 e. The van der Waals surface area contributed by atoms with Crippen molar-refractivity contribution in [3.63, 3.8) is 0 Å². The molecule has 0 unspecified atom stereocenters. The highest BCUT2D eigenvalue weighted by atomic mass is 19.1. The molecule has 0 saturated carbocycles.